The number of ketones is 1. The first-order valence-corrected chi connectivity index (χ1v) is 27.9. The van der Waals surface area contributed by atoms with Crippen molar-refractivity contribution in [2.45, 2.75) is 157 Å². The number of hydrogen-bond donors (Lipinski definition) is 10. The largest absolute Gasteiger partial charge is 0.392 e. The summed E-state index contributed by atoms with van der Waals surface area (Å²) in [5.41, 5.74) is 5.30. The molecule has 0 aliphatic carbocycles. The van der Waals surface area contributed by atoms with Crippen LogP contribution in [-0.4, -0.2) is 329 Å². The number of primary amides is 1. The van der Waals surface area contributed by atoms with Crippen LogP contribution in [0.25, 0.3) is 0 Å². The fourth-order valence-corrected chi connectivity index (χ4v) is 8.35. The number of Topliss-reactive ketones (excluding diaryl/α,β-unsaturated/α-hetero) is 1. The van der Waals surface area contributed by atoms with Crippen molar-refractivity contribution in [3.63, 3.8) is 0 Å². The van der Waals surface area contributed by atoms with Crippen molar-refractivity contribution in [2.75, 3.05) is 124 Å². The molecular weight excluding hydrogens is 1080 g/mol. The van der Waals surface area contributed by atoms with E-state index in [0.717, 1.165) is 34.3 Å². The van der Waals surface area contributed by atoms with Crippen LogP contribution in [-0.2, 0) is 47.9 Å². The molecule has 11 N–H and O–H groups in total. The summed E-state index contributed by atoms with van der Waals surface area (Å²) in [6, 6.07) is -0.638. The zero-order valence-corrected chi connectivity index (χ0v) is 50.4. The summed E-state index contributed by atoms with van der Waals surface area (Å²) in [5, 5.41) is 85.5. The summed E-state index contributed by atoms with van der Waals surface area (Å²) in [7, 11) is 0. The molecule has 0 saturated carbocycles. The number of nitrogens with zero attached hydrogens (tertiary/aromatic N) is 9. The average Bonchev–Trinajstić information content (AvgIpc) is 3.35. The van der Waals surface area contributed by atoms with E-state index >= 15 is 0 Å². The number of aliphatic hydroxyl groups excluding tert-OH is 8. The SMILES string of the molecule is CCC(C)NCC(=O)N(CC(=O)N(CC(=O)N(CC(=O)N(CC(=O)N(CC(=O)CN(CC(=O)N(CC(=O)N(CC(=O)N(CC(N)=O)CC(C)O)CC(C)O)C(C)CC)CC(C)O)CC(C)O)CC(C)O)CC(C)O)CC(C)O)CC(C)O. The maximum absolute atomic E-state index is 14.1. The topological polar surface area (TPSA) is 400 Å². The van der Waals surface area contributed by atoms with Gasteiger partial charge in [0.05, 0.1) is 114 Å². The van der Waals surface area contributed by atoms with E-state index in [9.17, 15) is 88.8 Å². The van der Waals surface area contributed by atoms with Crippen LogP contribution in [0.2, 0.25) is 0 Å². The van der Waals surface area contributed by atoms with Crippen LogP contribution in [0.15, 0.2) is 0 Å². The molecule has 9 amide bonds. The number of rotatable bonds is 42. The van der Waals surface area contributed by atoms with Crippen molar-refractivity contribution >= 4 is 58.9 Å². The molecule has 0 saturated heterocycles. The quantitative estimate of drug-likeness (QED) is 0.0272. The highest BCUT2D eigenvalue weighted by molar-refractivity contribution is 5.94. The maximum Gasteiger partial charge on any atom is 0.242 e. The Morgan fingerprint density at radius 3 is 0.902 bits per heavy atom. The highest BCUT2D eigenvalue weighted by Crippen LogP contribution is 2.11. The summed E-state index contributed by atoms with van der Waals surface area (Å²) in [5.74, 6) is -7.80. The Kier molecular flexibility index (Phi) is 36.5. The smallest absolute Gasteiger partial charge is 0.242 e. The minimum absolute atomic E-state index is 0.0342. The molecule has 0 radical (unpaired) electrons. The molecule has 0 aliphatic heterocycles. The van der Waals surface area contributed by atoms with Gasteiger partial charge in [0.2, 0.25) is 53.2 Å². The average molecular weight is 1180 g/mol. The van der Waals surface area contributed by atoms with Gasteiger partial charge >= 0.3 is 0 Å². The summed E-state index contributed by atoms with van der Waals surface area (Å²) in [6.07, 6.45) is -8.19. The Morgan fingerprint density at radius 1 is 0.341 bits per heavy atom. The molecule has 0 bridgehead atoms. The van der Waals surface area contributed by atoms with E-state index < -0.39 is 205 Å². The molecule has 82 heavy (non-hydrogen) atoms. The first kappa shape index (κ1) is 76.5. The Bertz CT molecular complexity index is 2030. The fraction of sp³-hybridized carbons (Fsp3) is 0.811. The molecule has 0 heterocycles. The van der Waals surface area contributed by atoms with Gasteiger partial charge in [-0.3, -0.25) is 52.8 Å². The first-order valence-electron chi connectivity index (χ1n) is 27.9. The fourth-order valence-electron chi connectivity index (χ4n) is 8.35. The number of carbonyl (C=O) groups excluding carboxylic acids is 10. The number of carbonyl (C=O) groups is 10. The van der Waals surface area contributed by atoms with Crippen molar-refractivity contribution in [1.29, 1.82) is 0 Å². The van der Waals surface area contributed by atoms with Crippen molar-refractivity contribution in [3.05, 3.63) is 0 Å². The molecule has 474 valence electrons. The maximum atomic E-state index is 14.1. The lowest BCUT2D eigenvalue weighted by molar-refractivity contribution is -0.149. The van der Waals surface area contributed by atoms with Gasteiger partial charge in [-0.25, -0.2) is 0 Å². The van der Waals surface area contributed by atoms with Crippen LogP contribution in [0.4, 0.5) is 0 Å². The Balaban J connectivity index is 6.68. The molecule has 0 aromatic rings. The number of nitrogens with two attached hydrogens (primary N) is 1. The van der Waals surface area contributed by atoms with E-state index in [1.54, 1.807) is 13.8 Å². The summed E-state index contributed by atoms with van der Waals surface area (Å²) in [6.45, 7) is 8.45. The van der Waals surface area contributed by atoms with Gasteiger partial charge in [-0.2, -0.15) is 0 Å². The van der Waals surface area contributed by atoms with Gasteiger partial charge in [0, 0.05) is 64.4 Å². The third-order valence-electron chi connectivity index (χ3n) is 12.4. The van der Waals surface area contributed by atoms with E-state index in [-0.39, 0.29) is 38.8 Å². The van der Waals surface area contributed by atoms with Crippen LogP contribution < -0.4 is 11.1 Å². The molecule has 10 atom stereocenters. The Hall–Kier alpha value is -5.50. The zero-order valence-electron chi connectivity index (χ0n) is 50.4. The van der Waals surface area contributed by atoms with E-state index in [0.29, 0.717) is 12.8 Å². The number of nitrogens with one attached hydrogen (secondary N) is 1. The van der Waals surface area contributed by atoms with Crippen molar-refractivity contribution in [3.8, 4) is 0 Å². The Morgan fingerprint density at radius 2 is 0.622 bits per heavy atom. The molecule has 29 heteroatoms. The van der Waals surface area contributed by atoms with Crippen molar-refractivity contribution in [2.24, 2.45) is 5.73 Å². The number of amides is 9. The third-order valence-corrected chi connectivity index (χ3v) is 12.4. The lowest BCUT2D eigenvalue weighted by atomic mass is 10.2. The predicted molar refractivity (Wildman–Crippen MR) is 299 cm³/mol. The van der Waals surface area contributed by atoms with Crippen LogP contribution in [0.1, 0.15) is 95.9 Å². The predicted octanol–water partition coefficient (Wildman–Crippen LogP) is -5.80. The van der Waals surface area contributed by atoms with Gasteiger partial charge in [-0.05, 0) is 82.1 Å². The van der Waals surface area contributed by atoms with Gasteiger partial charge in [0.1, 0.15) is 6.54 Å². The standard InChI is InChI=1S/C53H99N11O18/c1-13-34(3)55-15-46(75)59(19-39(8)68)28-49(78)61(21-41(10)70)31-51(80)62(22-42(11)71)32-50(79)60(20-40(9)69)29-47(76)57(17-37(6)66)25-44(73)24-56(16-36(5)65)27-53(82)64(35(4)14-2)33-52(81)63(23-43(12)72)30-48(77)58(18-38(7)67)26-45(54)74/h34-43,55,65-72H,13-33H2,1-12H3,(H2,54,74). The molecular formula is C53H99N11O18. The summed E-state index contributed by atoms with van der Waals surface area (Å²) >= 11 is 0. The molecule has 0 aliphatic rings. The highest BCUT2D eigenvalue weighted by atomic mass is 16.3. The second-order valence-corrected chi connectivity index (χ2v) is 21.9. The molecule has 10 unspecified atom stereocenters. The van der Waals surface area contributed by atoms with E-state index in [1.807, 2.05) is 13.8 Å². The minimum Gasteiger partial charge on any atom is -0.392 e. The van der Waals surface area contributed by atoms with Crippen molar-refractivity contribution in [1.82, 2.24) is 49.4 Å². The first-order chi connectivity index (χ1) is 38.0. The van der Waals surface area contributed by atoms with Gasteiger partial charge in [-0.1, -0.05) is 13.8 Å². The molecule has 29 nitrogen and oxygen atoms in total. The molecule has 0 rings (SSSR count). The molecule has 0 aromatic carbocycles. The van der Waals surface area contributed by atoms with E-state index in [4.69, 9.17) is 5.73 Å². The van der Waals surface area contributed by atoms with Gasteiger partial charge < -0.3 is 91.1 Å². The summed E-state index contributed by atoms with van der Waals surface area (Å²) < 4.78 is 0. The van der Waals surface area contributed by atoms with E-state index in [1.165, 1.54) is 65.2 Å². The van der Waals surface area contributed by atoms with Crippen LogP contribution in [0, 0.1) is 0 Å². The summed E-state index contributed by atoms with van der Waals surface area (Å²) in [4.78, 5) is 145. The zero-order chi connectivity index (χ0) is 63.3. The van der Waals surface area contributed by atoms with Crippen LogP contribution >= 0.6 is 0 Å². The van der Waals surface area contributed by atoms with Crippen LogP contribution in [0.5, 0.6) is 0 Å². The monoisotopic (exact) mass is 1180 g/mol. The lowest BCUT2D eigenvalue weighted by Gasteiger charge is -2.34. The number of hydrogen-bond acceptors (Lipinski definition) is 20. The van der Waals surface area contributed by atoms with Gasteiger partial charge in [0.15, 0.2) is 5.78 Å². The number of aliphatic hydroxyl groups is 8. The van der Waals surface area contributed by atoms with Crippen molar-refractivity contribution < 1.29 is 88.8 Å². The van der Waals surface area contributed by atoms with E-state index in [2.05, 4.69) is 5.32 Å². The van der Waals surface area contributed by atoms with Crippen LogP contribution in [0.3, 0.4) is 0 Å². The lowest BCUT2D eigenvalue weighted by Crippen LogP contribution is -2.54. The Labute approximate surface area is 482 Å². The molecule has 0 spiro atoms. The molecule has 0 fully saturated rings. The normalized spacial score (nSPS) is 15.1. The second kappa shape index (κ2) is 39.1. The third kappa shape index (κ3) is 32.4. The second-order valence-electron chi connectivity index (χ2n) is 21.9. The molecule has 0 aromatic heterocycles. The van der Waals surface area contributed by atoms with Gasteiger partial charge in [0.25, 0.3) is 0 Å². The highest BCUT2D eigenvalue weighted by Gasteiger charge is 2.33. The minimum atomic E-state index is -1.25. The van der Waals surface area contributed by atoms with Gasteiger partial charge in [-0.15, -0.1) is 0 Å².